The molecule has 3 N–H and O–H groups in total. The van der Waals surface area contributed by atoms with Gasteiger partial charge in [-0.1, -0.05) is 25.4 Å². The third-order valence-corrected chi connectivity index (χ3v) is 3.74. The quantitative estimate of drug-likeness (QED) is 0.767. The number of carbonyl (C=O) groups is 1. The fourth-order valence-electron chi connectivity index (χ4n) is 2.04. The van der Waals surface area contributed by atoms with Gasteiger partial charge in [0.15, 0.2) is 5.78 Å². The van der Waals surface area contributed by atoms with Gasteiger partial charge in [-0.15, -0.1) is 0 Å². The summed E-state index contributed by atoms with van der Waals surface area (Å²) in [6, 6.07) is -0.164. The largest absolute Gasteiger partial charge is 0.395 e. The molecule has 0 aromatic rings. The highest BCUT2D eigenvalue weighted by Gasteiger charge is 2.28. The molecule has 114 valence electrons. The molecule has 20 heavy (non-hydrogen) atoms. The minimum Gasteiger partial charge on any atom is -0.395 e. The van der Waals surface area contributed by atoms with Gasteiger partial charge >= 0.3 is 0 Å². The van der Waals surface area contributed by atoms with E-state index in [1.807, 2.05) is 20.9 Å². The van der Waals surface area contributed by atoms with Crippen LogP contribution >= 0.6 is 11.6 Å². The van der Waals surface area contributed by atoms with E-state index in [0.717, 1.165) is 38.2 Å². The molecule has 6 heteroatoms. The third-order valence-electron chi connectivity index (χ3n) is 3.32. The Kier molecular flexibility index (Phi) is 7.19. The molecule has 1 unspecified atom stereocenters. The van der Waals surface area contributed by atoms with Crippen molar-refractivity contribution < 1.29 is 4.79 Å². The van der Waals surface area contributed by atoms with E-state index < -0.39 is 0 Å². The average molecular weight is 301 g/mol. The van der Waals surface area contributed by atoms with Gasteiger partial charge in [0.1, 0.15) is 0 Å². The van der Waals surface area contributed by atoms with Crippen LogP contribution in [0.2, 0.25) is 0 Å². The van der Waals surface area contributed by atoms with Gasteiger partial charge in [-0.05, 0) is 26.4 Å². The lowest BCUT2D eigenvalue weighted by Crippen LogP contribution is -2.50. The van der Waals surface area contributed by atoms with Crippen molar-refractivity contribution in [1.29, 1.82) is 0 Å². The van der Waals surface area contributed by atoms with Gasteiger partial charge in [0.2, 0.25) is 0 Å². The first kappa shape index (κ1) is 17.1. The molecular formula is C14H25ClN4O. The number of nitrogens with zero attached hydrogens (tertiary/aromatic N) is 2. The van der Waals surface area contributed by atoms with Crippen LogP contribution in [0.3, 0.4) is 0 Å². The minimum atomic E-state index is -0.164. The van der Waals surface area contributed by atoms with E-state index in [-0.39, 0.29) is 17.5 Å². The maximum Gasteiger partial charge on any atom is 0.196 e. The summed E-state index contributed by atoms with van der Waals surface area (Å²) in [5.41, 5.74) is 6.72. The van der Waals surface area contributed by atoms with E-state index in [0.29, 0.717) is 11.6 Å². The molecule has 0 amide bonds. The van der Waals surface area contributed by atoms with Crippen LogP contribution < -0.4 is 11.1 Å². The summed E-state index contributed by atoms with van der Waals surface area (Å²) in [5.74, 6) is -0.110. The Morgan fingerprint density at radius 2 is 2.15 bits per heavy atom. The Balaban J connectivity index is 0.000000956. The van der Waals surface area contributed by atoms with E-state index in [1.165, 1.54) is 0 Å². The lowest BCUT2D eigenvalue weighted by molar-refractivity contribution is -0.119. The molecule has 0 bridgehead atoms. The van der Waals surface area contributed by atoms with Crippen LogP contribution in [-0.2, 0) is 4.79 Å². The summed E-state index contributed by atoms with van der Waals surface area (Å²) >= 11 is 6.22. The number of carbonyl (C=O) groups excluding carboxylic acids is 1. The molecule has 1 fully saturated rings. The molecule has 2 rings (SSSR count). The zero-order valence-electron chi connectivity index (χ0n) is 12.6. The van der Waals surface area contributed by atoms with Crippen LogP contribution in [0.5, 0.6) is 0 Å². The lowest BCUT2D eigenvalue weighted by atomic mass is 9.99. The number of Topliss-reactive ketones (excluding diaryl/α,β-unsaturated/α-hetero) is 1. The summed E-state index contributed by atoms with van der Waals surface area (Å²) < 4.78 is 0. The van der Waals surface area contributed by atoms with Crippen LogP contribution in [0, 0.1) is 0 Å². The van der Waals surface area contributed by atoms with Gasteiger partial charge in [0.25, 0.3) is 0 Å². The minimum absolute atomic E-state index is 0.110. The summed E-state index contributed by atoms with van der Waals surface area (Å²) in [6.07, 6.45) is 1.83. The molecule has 2 aliphatic heterocycles. The number of hydrogen-bond acceptors (Lipinski definition) is 5. The monoisotopic (exact) mass is 300 g/mol. The zero-order chi connectivity index (χ0) is 15.1. The molecule has 0 radical (unpaired) electrons. The molecule has 0 aliphatic carbocycles. The molecule has 5 nitrogen and oxygen atoms in total. The van der Waals surface area contributed by atoms with E-state index in [1.54, 1.807) is 0 Å². The second-order valence-electron chi connectivity index (χ2n) is 4.81. The number of aliphatic imine (C=N–C) groups is 1. The van der Waals surface area contributed by atoms with Crippen molar-refractivity contribution in [2.75, 3.05) is 33.2 Å². The predicted molar refractivity (Wildman–Crippen MR) is 84.2 cm³/mol. The molecule has 0 aromatic heterocycles. The van der Waals surface area contributed by atoms with Gasteiger partial charge in [-0.2, -0.15) is 0 Å². The normalized spacial score (nSPS) is 24.4. The molecule has 1 atom stereocenters. The highest BCUT2D eigenvalue weighted by molar-refractivity contribution is 6.45. The number of halogens is 1. The van der Waals surface area contributed by atoms with E-state index in [2.05, 4.69) is 15.2 Å². The maximum absolute atomic E-state index is 12.0. The fourth-order valence-corrected chi connectivity index (χ4v) is 2.25. The molecule has 0 saturated carbocycles. The lowest BCUT2D eigenvalue weighted by Gasteiger charge is -2.26. The number of rotatable bonds is 3. The highest BCUT2D eigenvalue weighted by atomic mass is 35.5. The summed E-state index contributed by atoms with van der Waals surface area (Å²) in [7, 11) is 2.01. The van der Waals surface area contributed by atoms with E-state index in [9.17, 15) is 4.79 Å². The topological polar surface area (TPSA) is 70.7 Å². The number of nitrogens with one attached hydrogen (secondary N) is 1. The molecular weight excluding hydrogens is 276 g/mol. The van der Waals surface area contributed by atoms with E-state index in [4.69, 9.17) is 17.3 Å². The smallest absolute Gasteiger partial charge is 0.196 e. The zero-order valence-corrected chi connectivity index (χ0v) is 13.3. The molecule has 1 saturated heterocycles. The second kappa shape index (κ2) is 8.39. The molecule has 2 heterocycles. The van der Waals surface area contributed by atoms with Crippen molar-refractivity contribution in [1.82, 2.24) is 10.2 Å². The molecule has 2 aliphatic rings. The Labute approximate surface area is 126 Å². The molecule has 0 aromatic carbocycles. The van der Waals surface area contributed by atoms with Crippen molar-refractivity contribution in [2.24, 2.45) is 10.7 Å². The second-order valence-corrected chi connectivity index (χ2v) is 5.19. The van der Waals surface area contributed by atoms with Gasteiger partial charge in [0, 0.05) is 19.6 Å². The van der Waals surface area contributed by atoms with Crippen LogP contribution in [-0.4, -0.2) is 55.7 Å². The highest BCUT2D eigenvalue weighted by Crippen LogP contribution is 2.16. The van der Waals surface area contributed by atoms with Gasteiger partial charge in [-0.25, -0.2) is 0 Å². The Hall–Kier alpha value is -0.910. The summed E-state index contributed by atoms with van der Waals surface area (Å²) in [5, 5.41) is 3.35. The van der Waals surface area contributed by atoms with Crippen molar-refractivity contribution in [2.45, 2.75) is 32.7 Å². The Morgan fingerprint density at radius 3 is 2.70 bits per heavy atom. The Bertz CT molecular complexity index is 402. The van der Waals surface area contributed by atoms with Crippen LogP contribution in [0.15, 0.2) is 15.7 Å². The first-order valence-electron chi connectivity index (χ1n) is 7.24. The van der Waals surface area contributed by atoms with Crippen LogP contribution in [0.25, 0.3) is 0 Å². The first-order chi connectivity index (χ1) is 9.59. The SMILES string of the molecule is CC.CN1CCCN=C(/C(Cl)=C(\N)C(=O)C2CCN2)C1. The average Bonchev–Trinajstić information content (AvgIpc) is 2.62. The third kappa shape index (κ3) is 4.30. The van der Waals surface area contributed by atoms with Gasteiger partial charge in [-0.3, -0.25) is 9.79 Å². The summed E-state index contributed by atoms with van der Waals surface area (Å²) in [6.45, 7) is 7.23. The fraction of sp³-hybridized carbons (Fsp3) is 0.714. The number of ketones is 1. The predicted octanol–water partition coefficient (Wildman–Crippen LogP) is 1.13. The molecule has 0 spiro atoms. The number of hydrogen-bond donors (Lipinski definition) is 2. The van der Waals surface area contributed by atoms with Crippen molar-refractivity contribution in [3.63, 3.8) is 0 Å². The van der Waals surface area contributed by atoms with Crippen LogP contribution in [0.4, 0.5) is 0 Å². The Morgan fingerprint density at radius 1 is 1.50 bits per heavy atom. The maximum atomic E-state index is 12.0. The van der Waals surface area contributed by atoms with Gasteiger partial charge < -0.3 is 16.0 Å². The van der Waals surface area contributed by atoms with Crippen molar-refractivity contribution in [3.05, 3.63) is 10.7 Å². The first-order valence-corrected chi connectivity index (χ1v) is 7.62. The number of nitrogens with two attached hydrogens (primary N) is 1. The standard InChI is InChI=1S/C12H19ClN4O.C2H6/c1-17-6-2-4-15-9(7-17)10(13)11(14)12(18)8-3-5-16-8;1-2/h8,16H,2-7,14H2,1H3;1-2H3/b11-10+;. The van der Waals surface area contributed by atoms with Gasteiger partial charge in [0.05, 0.1) is 22.5 Å². The summed E-state index contributed by atoms with van der Waals surface area (Å²) in [4.78, 5) is 18.5. The van der Waals surface area contributed by atoms with E-state index >= 15 is 0 Å². The van der Waals surface area contributed by atoms with Crippen LogP contribution in [0.1, 0.15) is 26.7 Å². The van der Waals surface area contributed by atoms with Crippen molar-refractivity contribution in [3.8, 4) is 0 Å². The van der Waals surface area contributed by atoms with Crippen molar-refractivity contribution >= 4 is 23.1 Å².